The summed E-state index contributed by atoms with van der Waals surface area (Å²) in [5.74, 6) is 0. The number of aliphatic hydroxyl groups is 1. The number of nitrogens with zero attached hydrogens (tertiary/aromatic N) is 2. The molecule has 0 bridgehead atoms. The maximum atomic E-state index is 9.55. The number of hydrogen-bond donors (Lipinski definition) is 1. The van der Waals surface area contributed by atoms with Crippen molar-refractivity contribution in [2.75, 3.05) is 40.3 Å². The van der Waals surface area contributed by atoms with Crippen LogP contribution in [0.2, 0.25) is 0 Å². The molecular formula is C16H34N2O. The van der Waals surface area contributed by atoms with E-state index in [9.17, 15) is 5.11 Å². The van der Waals surface area contributed by atoms with Gasteiger partial charge in [-0.1, -0.05) is 11.6 Å². The second-order valence-corrected chi connectivity index (χ2v) is 5.90. The van der Waals surface area contributed by atoms with Crippen LogP contribution in [0.1, 0.15) is 46.5 Å². The van der Waals surface area contributed by atoms with Crippen LogP contribution < -0.4 is 0 Å². The number of unbranched alkanes of at least 4 members (excludes halogenated alkanes) is 1. The van der Waals surface area contributed by atoms with Crippen LogP contribution in [0, 0.1) is 0 Å². The van der Waals surface area contributed by atoms with Crippen LogP contribution >= 0.6 is 0 Å². The largest absolute Gasteiger partial charge is 0.392 e. The summed E-state index contributed by atoms with van der Waals surface area (Å²) in [6.07, 6.45) is 6.83. The van der Waals surface area contributed by atoms with Crippen molar-refractivity contribution in [1.29, 1.82) is 0 Å². The molecule has 0 amide bonds. The van der Waals surface area contributed by atoms with Crippen molar-refractivity contribution in [3.05, 3.63) is 11.6 Å². The molecule has 0 aliphatic rings. The predicted octanol–water partition coefficient (Wildman–Crippen LogP) is 2.76. The van der Waals surface area contributed by atoms with E-state index >= 15 is 0 Å². The van der Waals surface area contributed by atoms with Gasteiger partial charge in [0, 0.05) is 6.54 Å². The fourth-order valence-corrected chi connectivity index (χ4v) is 2.16. The van der Waals surface area contributed by atoms with Crippen molar-refractivity contribution in [2.45, 2.75) is 52.6 Å². The number of rotatable bonds is 11. The minimum atomic E-state index is -0.225. The van der Waals surface area contributed by atoms with E-state index < -0.39 is 0 Å². The highest BCUT2D eigenvalue weighted by atomic mass is 16.3. The summed E-state index contributed by atoms with van der Waals surface area (Å²) in [7, 11) is 4.22. The van der Waals surface area contributed by atoms with Gasteiger partial charge in [0.15, 0.2) is 0 Å². The molecule has 1 N–H and O–H groups in total. The van der Waals surface area contributed by atoms with Crippen LogP contribution in [0.5, 0.6) is 0 Å². The molecule has 3 heteroatoms. The fraction of sp³-hybridized carbons (Fsp3) is 0.875. The molecule has 1 atom stereocenters. The van der Waals surface area contributed by atoms with Gasteiger partial charge in [0.2, 0.25) is 0 Å². The van der Waals surface area contributed by atoms with Gasteiger partial charge in [-0.3, -0.25) is 0 Å². The molecule has 3 nitrogen and oxygen atoms in total. The molecule has 0 spiro atoms. The maximum Gasteiger partial charge on any atom is 0.0639 e. The normalized spacial score (nSPS) is 14.4. The van der Waals surface area contributed by atoms with Gasteiger partial charge in [-0.05, 0) is 80.2 Å². The van der Waals surface area contributed by atoms with Crippen molar-refractivity contribution >= 4 is 0 Å². The average Bonchev–Trinajstić information content (AvgIpc) is 2.32. The highest BCUT2D eigenvalue weighted by Gasteiger charge is 2.08. The lowest BCUT2D eigenvalue weighted by Crippen LogP contribution is -2.34. The van der Waals surface area contributed by atoms with Gasteiger partial charge in [-0.15, -0.1) is 0 Å². The first-order chi connectivity index (χ1) is 8.95. The lowest BCUT2D eigenvalue weighted by molar-refractivity contribution is 0.122. The van der Waals surface area contributed by atoms with Crippen LogP contribution in [0.4, 0.5) is 0 Å². The average molecular weight is 270 g/mol. The van der Waals surface area contributed by atoms with E-state index in [2.05, 4.69) is 43.8 Å². The Morgan fingerprint density at radius 2 is 1.74 bits per heavy atom. The van der Waals surface area contributed by atoms with E-state index in [0.29, 0.717) is 0 Å². The molecule has 114 valence electrons. The van der Waals surface area contributed by atoms with Crippen LogP contribution in [-0.2, 0) is 0 Å². The van der Waals surface area contributed by atoms with Crippen molar-refractivity contribution < 1.29 is 5.11 Å². The number of aliphatic hydroxyl groups excluding tert-OH is 1. The van der Waals surface area contributed by atoms with Crippen molar-refractivity contribution in [3.8, 4) is 0 Å². The monoisotopic (exact) mass is 270 g/mol. The third-order valence-electron chi connectivity index (χ3n) is 3.39. The smallest absolute Gasteiger partial charge is 0.0639 e. The molecule has 0 aromatic heterocycles. The summed E-state index contributed by atoms with van der Waals surface area (Å²) < 4.78 is 0. The summed E-state index contributed by atoms with van der Waals surface area (Å²) in [5.41, 5.74) is 1.48. The number of allylic oxidation sites excluding steroid dienone is 2. The van der Waals surface area contributed by atoms with Gasteiger partial charge in [0.25, 0.3) is 0 Å². The molecule has 0 saturated heterocycles. The van der Waals surface area contributed by atoms with Crippen LogP contribution in [0.15, 0.2) is 11.6 Å². The SMILES string of the molecule is C/C=C(\C)CCCCN(CCCN(C)C)CC(C)O. The zero-order chi connectivity index (χ0) is 14.7. The molecule has 0 fully saturated rings. The molecule has 19 heavy (non-hydrogen) atoms. The molecule has 0 rings (SSSR count). The molecule has 0 radical (unpaired) electrons. The van der Waals surface area contributed by atoms with E-state index in [1.165, 1.54) is 31.3 Å². The first-order valence-electron chi connectivity index (χ1n) is 7.62. The molecule has 0 heterocycles. The van der Waals surface area contributed by atoms with Gasteiger partial charge in [-0.25, -0.2) is 0 Å². The van der Waals surface area contributed by atoms with Crippen molar-refractivity contribution in [1.82, 2.24) is 9.80 Å². The Hall–Kier alpha value is -0.380. The topological polar surface area (TPSA) is 26.7 Å². The lowest BCUT2D eigenvalue weighted by atomic mass is 10.1. The Kier molecular flexibility index (Phi) is 11.2. The van der Waals surface area contributed by atoms with Crippen LogP contribution in [-0.4, -0.2) is 61.3 Å². The van der Waals surface area contributed by atoms with Gasteiger partial charge < -0.3 is 14.9 Å². The molecule has 0 aromatic rings. The molecule has 0 aliphatic heterocycles. The van der Waals surface area contributed by atoms with Crippen LogP contribution in [0.25, 0.3) is 0 Å². The fourth-order valence-electron chi connectivity index (χ4n) is 2.16. The Morgan fingerprint density at radius 1 is 1.11 bits per heavy atom. The van der Waals surface area contributed by atoms with Crippen molar-refractivity contribution in [2.24, 2.45) is 0 Å². The minimum absolute atomic E-state index is 0.225. The lowest BCUT2D eigenvalue weighted by Gasteiger charge is -2.24. The molecule has 0 saturated carbocycles. The minimum Gasteiger partial charge on any atom is -0.392 e. The quantitative estimate of drug-likeness (QED) is 0.462. The van der Waals surface area contributed by atoms with E-state index in [0.717, 1.165) is 26.2 Å². The summed E-state index contributed by atoms with van der Waals surface area (Å²) in [4.78, 5) is 4.62. The van der Waals surface area contributed by atoms with Gasteiger partial charge >= 0.3 is 0 Å². The van der Waals surface area contributed by atoms with Gasteiger partial charge in [-0.2, -0.15) is 0 Å². The molecular weight excluding hydrogens is 236 g/mol. The summed E-state index contributed by atoms with van der Waals surface area (Å²) in [6.45, 7) is 10.3. The predicted molar refractivity (Wildman–Crippen MR) is 84.6 cm³/mol. The Balaban J connectivity index is 3.85. The van der Waals surface area contributed by atoms with Crippen molar-refractivity contribution in [3.63, 3.8) is 0 Å². The maximum absolute atomic E-state index is 9.55. The first kappa shape index (κ1) is 18.6. The zero-order valence-electron chi connectivity index (χ0n) is 13.7. The standard InChI is InChI=1S/C16H34N2O/c1-6-15(2)10-7-8-12-18(14-16(3)19)13-9-11-17(4)5/h6,16,19H,7-14H2,1-5H3/b15-6+. The van der Waals surface area contributed by atoms with E-state index in [-0.39, 0.29) is 6.10 Å². The highest BCUT2D eigenvalue weighted by molar-refractivity contribution is 4.94. The summed E-state index contributed by atoms with van der Waals surface area (Å²) >= 11 is 0. The molecule has 0 aromatic carbocycles. The summed E-state index contributed by atoms with van der Waals surface area (Å²) in [5, 5.41) is 9.55. The Morgan fingerprint density at radius 3 is 2.26 bits per heavy atom. The Labute approximate surface area is 120 Å². The molecule has 1 unspecified atom stereocenters. The number of hydrogen-bond acceptors (Lipinski definition) is 3. The van der Waals surface area contributed by atoms with E-state index in [4.69, 9.17) is 0 Å². The summed E-state index contributed by atoms with van der Waals surface area (Å²) in [6, 6.07) is 0. The zero-order valence-corrected chi connectivity index (χ0v) is 13.7. The van der Waals surface area contributed by atoms with E-state index in [1.54, 1.807) is 0 Å². The molecule has 0 aliphatic carbocycles. The van der Waals surface area contributed by atoms with Gasteiger partial charge in [0.05, 0.1) is 6.10 Å². The third kappa shape index (κ3) is 12.4. The highest BCUT2D eigenvalue weighted by Crippen LogP contribution is 2.07. The third-order valence-corrected chi connectivity index (χ3v) is 3.39. The first-order valence-corrected chi connectivity index (χ1v) is 7.62. The van der Waals surface area contributed by atoms with E-state index in [1.807, 2.05) is 6.92 Å². The van der Waals surface area contributed by atoms with Crippen LogP contribution in [0.3, 0.4) is 0 Å². The Bertz CT molecular complexity index is 237. The second-order valence-electron chi connectivity index (χ2n) is 5.90. The van der Waals surface area contributed by atoms with Gasteiger partial charge in [0.1, 0.15) is 0 Å². The second kappa shape index (κ2) is 11.4.